The zero-order chi connectivity index (χ0) is 12.3. The monoisotopic (exact) mass is 243 g/mol. The highest BCUT2D eigenvalue weighted by atomic mass is 32.2. The van der Waals surface area contributed by atoms with E-state index in [1.165, 1.54) is 16.0 Å². The Balaban J connectivity index is 2.18. The highest BCUT2D eigenvalue weighted by Gasteiger charge is 2.09. The number of rotatable bonds is 3. The van der Waals surface area contributed by atoms with Gasteiger partial charge in [0.1, 0.15) is 0 Å². The molecule has 0 aliphatic carbocycles. The second-order valence-electron chi connectivity index (χ2n) is 4.21. The fourth-order valence-electron chi connectivity index (χ4n) is 1.73. The van der Waals surface area contributed by atoms with Crippen LogP contribution in [0.25, 0.3) is 0 Å². The summed E-state index contributed by atoms with van der Waals surface area (Å²) in [6.07, 6.45) is 0. The molecule has 0 saturated carbocycles. The van der Waals surface area contributed by atoms with Crippen LogP contribution in [0.2, 0.25) is 0 Å². The lowest BCUT2D eigenvalue weighted by Gasteiger charge is -2.13. The van der Waals surface area contributed by atoms with Gasteiger partial charge in [0, 0.05) is 15.8 Å². The van der Waals surface area contributed by atoms with E-state index in [1.54, 1.807) is 0 Å². The lowest BCUT2D eigenvalue weighted by molar-refractivity contribution is 1.10. The van der Waals surface area contributed by atoms with Gasteiger partial charge in [0.2, 0.25) is 0 Å². The lowest BCUT2D eigenvalue weighted by atomic mass is 10.2. The van der Waals surface area contributed by atoms with Crippen molar-refractivity contribution in [1.82, 2.24) is 0 Å². The Morgan fingerprint density at radius 2 is 1.76 bits per heavy atom. The van der Waals surface area contributed by atoms with E-state index in [4.69, 9.17) is 5.73 Å². The summed E-state index contributed by atoms with van der Waals surface area (Å²) in [4.78, 5) is 1.17. The molecule has 0 heterocycles. The number of benzene rings is 2. The highest BCUT2D eigenvalue weighted by Crippen LogP contribution is 2.37. The van der Waals surface area contributed by atoms with Crippen LogP contribution in [-0.2, 0) is 0 Å². The first-order valence-electron chi connectivity index (χ1n) is 5.74. The third kappa shape index (κ3) is 3.04. The fourth-order valence-corrected chi connectivity index (χ4v) is 2.86. The van der Waals surface area contributed by atoms with Crippen molar-refractivity contribution in [2.75, 3.05) is 5.73 Å². The zero-order valence-corrected chi connectivity index (χ0v) is 11.0. The molecule has 0 fully saturated rings. The average molecular weight is 243 g/mol. The van der Waals surface area contributed by atoms with E-state index in [0.717, 1.165) is 5.69 Å². The number of nitrogens with two attached hydrogens (primary N) is 1. The third-order valence-corrected chi connectivity index (χ3v) is 3.98. The Morgan fingerprint density at radius 1 is 1.06 bits per heavy atom. The van der Waals surface area contributed by atoms with Crippen molar-refractivity contribution in [3.05, 3.63) is 59.7 Å². The highest BCUT2D eigenvalue weighted by molar-refractivity contribution is 7.99. The van der Waals surface area contributed by atoms with Gasteiger partial charge in [0.05, 0.1) is 0 Å². The minimum absolute atomic E-state index is 0.417. The van der Waals surface area contributed by atoms with E-state index >= 15 is 0 Å². The summed E-state index contributed by atoms with van der Waals surface area (Å²) in [6, 6.07) is 16.7. The van der Waals surface area contributed by atoms with Crippen molar-refractivity contribution in [2.45, 2.75) is 24.0 Å². The molecule has 1 nitrogen and oxygen atoms in total. The van der Waals surface area contributed by atoms with Gasteiger partial charge < -0.3 is 5.73 Å². The van der Waals surface area contributed by atoms with Gasteiger partial charge in [-0.25, -0.2) is 0 Å². The fraction of sp³-hybridized carbons (Fsp3) is 0.200. The SMILES string of the molecule is Cc1ccc(N)c(SC(C)c2ccccc2)c1. The summed E-state index contributed by atoms with van der Waals surface area (Å²) in [6.45, 7) is 4.30. The van der Waals surface area contributed by atoms with Crippen LogP contribution in [0.4, 0.5) is 5.69 Å². The molecule has 2 aromatic carbocycles. The van der Waals surface area contributed by atoms with Crippen molar-refractivity contribution in [1.29, 1.82) is 0 Å². The van der Waals surface area contributed by atoms with Gasteiger partial charge in [-0.15, -0.1) is 11.8 Å². The number of aryl methyl sites for hydroxylation is 1. The van der Waals surface area contributed by atoms with Crippen molar-refractivity contribution in [3.8, 4) is 0 Å². The number of hydrogen-bond donors (Lipinski definition) is 1. The van der Waals surface area contributed by atoms with E-state index in [1.807, 2.05) is 30.0 Å². The molecule has 1 unspecified atom stereocenters. The molecule has 2 aromatic rings. The maximum Gasteiger partial charge on any atom is 0.0452 e. The van der Waals surface area contributed by atoms with E-state index in [2.05, 4.69) is 44.2 Å². The number of thioether (sulfide) groups is 1. The Bertz CT molecular complexity index is 494. The van der Waals surface area contributed by atoms with Crippen molar-refractivity contribution < 1.29 is 0 Å². The second kappa shape index (κ2) is 5.28. The Kier molecular flexibility index (Phi) is 3.75. The van der Waals surface area contributed by atoms with E-state index in [-0.39, 0.29) is 0 Å². The summed E-state index contributed by atoms with van der Waals surface area (Å²) >= 11 is 1.81. The molecule has 88 valence electrons. The van der Waals surface area contributed by atoms with Crippen LogP contribution in [0.15, 0.2) is 53.4 Å². The molecule has 0 aliphatic rings. The van der Waals surface area contributed by atoms with Gasteiger partial charge in [-0.3, -0.25) is 0 Å². The second-order valence-corrected chi connectivity index (χ2v) is 5.59. The first-order chi connectivity index (χ1) is 8.16. The van der Waals surface area contributed by atoms with E-state index in [9.17, 15) is 0 Å². The molecule has 2 heteroatoms. The molecule has 2 rings (SSSR count). The summed E-state index contributed by atoms with van der Waals surface area (Å²) < 4.78 is 0. The predicted octanol–water partition coefficient (Wildman–Crippen LogP) is 4.43. The van der Waals surface area contributed by atoms with Crippen molar-refractivity contribution in [2.24, 2.45) is 0 Å². The van der Waals surface area contributed by atoms with Crippen LogP contribution in [-0.4, -0.2) is 0 Å². The maximum absolute atomic E-state index is 5.99. The van der Waals surface area contributed by atoms with Crippen LogP contribution in [0.1, 0.15) is 23.3 Å². The molecule has 0 aliphatic heterocycles. The normalized spacial score (nSPS) is 12.4. The molecular formula is C15H17NS. The lowest BCUT2D eigenvalue weighted by Crippen LogP contribution is -1.92. The largest absolute Gasteiger partial charge is 0.398 e. The minimum Gasteiger partial charge on any atom is -0.398 e. The molecule has 0 aromatic heterocycles. The summed E-state index contributed by atoms with van der Waals surface area (Å²) in [5, 5.41) is 0.417. The standard InChI is InChI=1S/C15H17NS/c1-11-8-9-14(16)15(10-11)17-12(2)13-6-4-3-5-7-13/h3-10,12H,16H2,1-2H3. The Morgan fingerprint density at radius 3 is 2.47 bits per heavy atom. The van der Waals surface area contributed by atoms with Gasteiger partial charge in [0.25, 0.3) is 0 Å². The summed E-state index contributed by atoms with van der Waals surface area (Å²) in [5.74, 6) is 0. The van der Waals surface area contributed by atoms with Crippen LogP contribution < -0.4 is 5.73 Å². The molecular weight excluding hydrogens is 226 g/mol. The minimum atomic E-state index is 0.417. The summed E-state index contributed by atoms with van der Waals surface area (Å²) in [7, 11) is 0. The van der Waals surface area contributed by atoms with E-state index in [0.29, 0.717) is 5.25 Å². The first kappa shape index (κ1) is 12.1. The molecule has 0 radical (unpaired) electrons. The number of anilines is 1. The van der Waals surface area contributed by atoms with Crippen LogP contribution in [0.3, 0.4) is 0 Å². The quantitative estimate of drug-likeness (QED) is 0.637. The van der Waals surface area contributed by atoms with Crippen LogP contribution in [0, 0.1) is 6.92 Å². The van der Waals surface area contributed by atoms with Crippen LogP contribution >= 0.6 is 11.8 Å². The van der Waals surface area contributed by atoms with E-state index < -0.39 is 0 Å². The molecule has 2 N–H and O–H groups in total. The molecule has 0 amide bonds. The number of nitrogen functional groups attached to an aromatic ring is 1. The van der Waals surface area contributed by atoms with Gasteiger partial charge in [-0.1, -0.05) is 36.4 Å². The van der Waals surface area contributed by atoms with Crippen molar-refractivity contribution >= 4 is 17.4 Å². The summed E-state index contributed by atoms with van der Waals surface area (Å²) in [5.41, 5.74) is 9.44. The van der Waals surface area contributed by atoms with Gasteiger partial charge in [-0.05, 0) is 37.1 Å². The van der Waals surface area contributed by atoms with Crippen LogP contribution in [0.5, 0.6) is 0 Å². The van der Waals surface area contributed by atoms with Gasteiger partial charge >= 0.3 is 0 Å². The predicted molar refractivity (Wildman–Crippen MR) is 76.3 cm³/mol. The third-order valence-electron chi connectivity index (χ3n) is 2.74. The smallest absolute Gasteiger partial charge is 0.0452 e. The molecule has 0 spiro atoms. The number of hydrogen-bond acceptors (Lipinski definition) is 2. The molecule has 0 saturated heterocycles. The zero-order valence-electron chi connectivity index (χ0n) is 10.2. The molecule has 0 bridgehead atoms. The maximum atomic E-state index is 5.99. The van der Waals surface area contributed by atoms with Gasteiger partial charge in [-0.2, -0.15) is 0 Å². The topological polar surface area (TPSA) is 26.0 Å². The van der Waals surface area contributed by atoms with Gasteiger partial charge in [0.15, 0.2) is 0 Å². The average Bonchev–Trinajstić information content (AvgIpc) is 2.35. The van der Waals surface area contributed by atoms with Crippen molar-refractivity contribution in [3.63, 3.8) is 0 Å². The Labute approximate surface area is 107 Å². The Hall–Kier alpha value is -1.41. The molecule has 17 heavy (non-hydrogen) atoms. The first-order valence-corrected chi connectivity index (χ1v) is 6.62. The molecule has 1 atom stereocenters.